The zero-order chi connectivity index (χ0) is 6.20. The summed E-state index contributed by atoms with van der Waals surface area (Å²) < 4.78 is 11.0. The summed E-state index contributed by atoms with van der Waals surface area (Å²) in [4.78, 5) is 0. The van der Waals surface area contributed by atoms with Crippen molar-refractivity contribution in [2.45, 2.75) is 16.9 Å². The van der Waals surface area contributed by atoms with Crippen molar-refractivity contribution in [3.63, 3.8) is 0 Å². The molecule has 1 aliphatic rings. The van der Waals surface area contributed by atoms with Gasteiger partial charge in [0.2, 0.25) is 0 Å². The van der Waals surface area contributed by atoms with Crippen LogP contribution in [-0.4, -0.2) is 20.8 Å². The molecule has 1 nitrogen and oxygen atoms in total. The Balaban J connectivity index is 2.53. The van der Waals surface area contributed by atoms with E-state index in [-0.39, 0.29) is 4.08 Å². The SMILES string of the molecule is CSC1(S(C)=O)CC1. The lowest BCUT2D eigenvalue weighted by atomic mass is 10.9. The van der Waals surface area contributed by atoms with Gasteiger partial charge in [-0.2, -0.15) is 0 Å². The van der Waals surface area contributed by atoms with Gasteiger partial charge < -0.3 is 0 Å². The third kappa shape index (κ3) is 0.935. The summed E-state index contributed by atoms with van der Waals surface area (Å²) in [6.07, 6.45) is 6.13. The van der Waals surface area contributed by atoms with Gasteiger partial charge in [0.15, 0.2) is 0 Å². The first-order valence-corrected chi connectivity index (χ1v) is 5.38. The molecule has 1 fully saturated rings. The van der Waals surface area contributed by atoms with Gasteiger partial charge in [0.25, 0.3) is 0 Å². The van der Waals surface area contributed by atoms with Gasteiger partial charge in [0, 0.05) is 17.1 Å². The van der Waals surface area contributed by atoms with Crippen LogP contribution in [0.15, 0.2) is 0 Å². The van der Waals surface area contributed by atoms with Crippen LogP contribution < -0.4 is 0 Å². The molecule has 1 atom stereocenters. The molecule has 0 bridgehead atoms. The molecule has 0 spiro atoms. The summed E-state index contributed by atoms with van der Waals surface area (Å²) >= 11 is 1.75. The van der Waals surface area contributed by atoms with E-state index in [1.807, 2.05) is 6.26 Å². The van der Waals surface area contributed by atoms with Gasteiger partial charge in [-0.15, -0.1) is 11.8 Å². The Kier molecular flexibility index (Phi) is 1.68. The molecule has 1 rings (SSSR count). The minimum atomic E-state index is -0.602. The fraction of sp³-hybridized carbons (Fsp3) is 1.00. The maximum absolute atomic E-state index is 10.8. The number of hydrogen-bond acceptors (Lipinski definition) is 2. The molecule has 48 valence electrons. The van der Waals surface area contributed by atoms with Gasteiger partial charge in [-0.1, -0.05) is 0 Å². The van der Waals surface area contributed by atoms with Crippen molar-refractivity contribution >= 4 is 22.6 Å². The van der Waals surface area contributed by atoms with Crippen LogP contribution in [0, 0.1) is 0 Å². The van der Waals surface area contributed by atoms with Gasteiger partial charge >= 0.3 is 0 Å². The van der Waals surface area contributed by atoms with E-state index in [4.69, 9.17) is 0 Å². The highest BCUT2D eigenvalue weighted by Crippen LogP contribution is 2.49. The molecule has 0 amide bonds. The third-order valence-corrected chi connectivity index (χ3v) is 5.37. The smallest absolute Gasteiger partial charge is 0.0904 e. The van der Waals surface area contributed by atoms with Crippen molar-refractivity contribution < 1.29 is 4.21 Å². The fourth-order valence-electron chi connectivity index (χ4n) is 0.711. The predicted molar refractivity (Wildman–Crippen MR) is 39.5 cm³/mol. The molecular weight excluding hydrogens is 140 g/mol. The van der Waals surface area contributed by atoms with Gasteiger partial charge in [0.1, 0.15) is 0 Å². The lowest BCUT2D eigenvalue weighted by Crippen LogP contribution is -2.08. The number of hydrogen-bond donors (Lipinski definition) is 0. The Bertz CT molecular complexity index is 118. The first kappa shape index (κ1) is 6.62. The summed E-state index contributed by atoms with van der Waals surface area (Å²) in [7, 11) is -0.602. The van der Waals surface area contributed by atoms with Crippen molar-refractivity contribution in [1.29, 1.82) is 0 Å². The van der Waals surface area contributed by atoms with E-state index < -0.39 is 10.8 Å². The van der Waals surface area contributed by atoms with E-state index >= 15 is 0 Å². The van der Waals surface area contributed by atoms with Crippen molar-refractivity contribution in [1.82, 2.24) is 0 Å². The maximum Gasteiger partial charge on any atom is 0.0904 e. The summed E-state index contributed by atoms with van der Waals surface area (Å²) in [6.45, 7) is 0. The van der Waals surface area contributed by atoms with E-state index in [0.29, 0.717) is 0 Å². The molecule has 1 saturated carbocycles. The molecule has 0 radical (unpaired) electrons. The van der Waals surface area contributed by atoms with Gasteiger partial charge in [-0.25, -0.2) is 0 Å². The second kappa shape index (κ2) is 2.03. The molecule has 0 aromatic rings. The van der Waals surface area contributed by atoms with Crippen LogP contribution in [0.25, 0.3) is 0 Å². The quantitative estimate of drug-likeness (QED) is 0.588. The Morgan fingerprint density at radius 1 is 1.62 bits per heavy atom. The van der Waals surface area contributed by atoms with Crippen LogP contribution in [0.3, 0.4) is 0 Å². The van der Waals surface area contributed by atoms with Crippen LogP contribution in [-0.2, 0) is 10.8 Å². The second-order valence-corrected chi connectivity index (χ2v) is 5.21. The topological polar surface area (TPSA) is 17.1 Å². The van der Waals surface area contributed by atoms with Crippen molar-refractivity contribution in [3.05, 3.63) is 0 Å². The third-order valence-electron chi connectivity index (χ3n) is 1.55. The molecule has 3 heteroatoms. The van der Waals surface area contributed by atoms with E-state index in [1.54, 1.807) is 18.0 Å². The van der Waals surface area contributed by atoms with Gasteiger partial charge in [-0.05, 0) is 19.1 Å². The van der Waals surface area contributed by atoms with Gasteiger partial charge in [0.05, 0.1) is 4.08 Å². The number of thioether (sulfide) groups is 1. The number of rotatable bonds is 2. The zero-order valence-electron chi connectivity index (χ0n) is 5.14. The van der Waals surface area contributed by atoms with Crippen LogP contribution >= 0.6 is 11.8 Å². The molecular formula is C5H10OS2. The fourth-order valence-corrected chi connectivity index (χ4v) is 2.84. The molecule has 8 heavy (non-hydrogen) atoms. The zero-order valence-corrected chi connectivity index (χ0v) is 6.77. The molecule has 0 N–H and O–H groups in total. The molecule has 0 aromatic carbocycles. The summed E-state index contributed by atoms with van der Waals surface area (Å²) in [6, 6.07) is 0. The Labute approximate surface area is 56.7 Å². The van der Waals surface area contributed by atoms with Crippen LogP contribution in [0.1, 0.15) is 12.8 Å². The largest absolute Gasteiger partial charge is 0.258 e. The Morgan fingerprint density at radius 2 is 2.12 bits per heavy atom. The molecule has 0 heterocycles. The molecule has 1 unspecified atom stereocenters. The first-order chi connectivity index (χ1) is 3.71. The average molecular weight is 150 g/mol. The minimum Gasteiger partial charge on any atom is -0.258 e. The van der Waals surface area contributed by atoms with E-state index in [2.05, 4.69) is 0 Å². The normalized spacial score (nSPS) is 27.2. The van der Waals surface area contributed by atoms with Crippen molar-refractivity contribution in [3.8, 4) is 0 Å². The molecule has 0 aliphatic heterocycles. The van der Waals surface area contributed by atoms with E-state index in [1.165, 1.54) is 0 Å². The van der Waals surface area contributed by atoms with E-state index in [0.717, 1.165) is 12.8 Å². The molecule has 1 aliphatic carbocycles. The van der Waals surface area contributed by atoms with Crippen molar-refractivity contribution in [2.24, 2.45) is 0 Å². The second-order valence-electron chi connectivity index (χ2n) is 2.07. The average Bonchev–Trinajstić information content (AvgIpc) is 2.44. The highest BCUT2D eigenvalue weighted by molar-refractivity contribution is 8.12. The van der Waals surface area contributed by atoms with E-state index in [9.17, 15) is 4.21 Å². The predicted octanol–water partition coefficient (Wildman–Crippen LogP) is 1.22. The molecule has 0 aromatic heterocycles. The van der Waals surface area contributed by atoms with Gasteiger partial charge in [-0.3, -0.25) is 4.21 Å². The summed E-state index contributed by atoms with van der Waals surface area (Å²) in [5.41, 5.74) is 0. The highest BCUT2D eigenvalue weighted by Gasteiger charge is 2.45. The summed E-state index contributed by atoms with van der Waals surface area (Å²) in [5.74, 6) is 0. The maximum atomic E-state index is 10.8. The summed E-state index contributed by atoms with van der Waals surface area (Å²) in [5, 5.41) is 0. The standard InChI is InChI=1S/C5H10OS2/c1-7-5(3-4-5)8(2)6/h3-4H2,1-2H3. The minimum absolute atomic E-state index is 0.181. The lowest BCUT2D eigenvalue weighted by Gasteiger charge is -2.04. The Morgan fingerprint density at radius 3 is 2.12 bits per heavy atom. The van der Waals surface area contributed by atoms with Crippen molar-refractivity contribution in [2.75, 3.05) is 12.5 Å². The van der Waals surface area contributed by atoms with Crippen LogP contribution in [0.5, 0.6) is 0 Å². The lowest BCUT2D eigenvalue weighted by molar-refractivity contribution is 0.684. The van der Waals surface area contributed by atoms with Crippen LogP contribution in [0.4, 0.5) is 0 Å². The Hall–Kier alpha value is 0.500. The van der Waals surface area contributed by atoms with Crippen LogP contribution in [0.2, 0.25) is 0 Å². The highest BCUT2D eigenvalue weighted by atomic mass is 32.2. The monoisotopic (exact) mass is 150 g/mol. The molecule has 0 saturated heterocycles. The first-order valence-electron chi connectivity index (χ1n) is 2.60.